The van der Waals surface area contributed by atoms with E-state index in [0.717, 1.165) is 42.0 Å². The van der Waals surface area contributed by atoms with Gasteiger partial charge in [0.2, 0.25) is 0 Å². The number of carbonyl (C=O) groups is 1. The van der Waals surface area contributed by atoms with Crippen LogP contribution in [0.2, 0.25) is 5.02 Å². The molecule has 0 radical (unpaired) electrons. The van der Waals surface area contributed by atoms with Crippen molar-refractivity contribution in [1.82, 2.24) is 4.98 Å². The van der Waals surface area contributed by atoms with Crippen molar-refractivity contribution >= 4 is 44.1 Å². The molecule has 1 aromatic carbocycles. The zero-order valence-electron chi connectivity index (χ0n) is 17.9. The van der Waals surface area contributed by atoms with Gasteiger partial charge in [-0.25, -0.2) is 17.8 Å². The lowest BCUT2D eigenvalue weighted by Gasteiger charge is -2.51. The molecule has 3 aliphatic rings. The van der Waals surface area contributed by atoms with Crippen molar-refractivity contribution in [2.75, 3.05) is 4.72 Å². The molecule has 32 heavy (non-hydrogen) atoms. The molecule has 5 rings (SSSR count). The first kappa shape index (κ1) is 22.1. The summed E-state index contributed by atoms with van der Waals surface area (Å²) in [6, 6.07) is 3.28. The molecule has 172 valence electrons. The summed E-state index contributed by atoms with van der Waals surface area (Å²) < 4.78 is 47.4. The van der Waals surface area contributed by atoms with Gasteiger partial charge >= 0.3 is 5.97 Å². The van der Waals surface area contributed by atoms with Gasteiger partial charge in [0, 0.05) is 22.6 Å². The van der Waals surface area contributed by atoms with Gasteiger partial charge in [-0.1, -0.05) is 32.4 Å². The average Bonchev–Trinajstić information content (AvgIpc) is 3.23. The minimum Gasteiger partial charge on any atom is -0.461 e. The van der Waals surface area contributed by atoms with Crippen molar-refractivity contribution in [1.29, 1.82) is 0 Å². The van der Waals surface area contributed by atoms with E-state index in [2.05, 4.69) is 23.6 Å². The monoisotopic (exact) mass is 498 g/mol. The van der Waals surface area contributed by atoms with Crippen LogP contribution >= 0.6 is 22.9 Å². The van der Waals surface area contributed by atoms with Crippen LogP contribution in [0.1, 0.15) is 50.1 Å². The van der Waals surface area contributed by atoms with E-state index in [-0.39, 0.29) is 56.2 Å². The summed E-state index contributed by atoms with van der Waals surface area (Å²) in [5.74, 6) is -0.482. The van der Waals surface area contributed by atoms with Gasteiger partial charge in [-0.3, -0.25) is 9.52 Å². The number of nitrogens with zero attached hydrogens (tertiary/aromatic N) is 1. The molecule has 1 aliphatic heterocycles. The molecule has 6 nitrogen and oxygen atoms in total. The first-order valence-corrected chi connectivity index (χ1v) is 13.4. The molecule has 0 spiro atoms. The van der Waals surface area contributed by atoms with E-state index in [1.807, 2.05) is 6.92 Å². The molecule has 0 bridgehead atoms. The Morgan fingerprint density at radius 3 is 2.78 bits per heavy atom. The van der Waals surface area contributed by atoms with E-state index in [1.54, 1.807) is 0 Å². The van der Waals surface area contributed by atoms with Crippen LogP contribution in [0.15, 0.2) is 23.1 Å². The maximum absolute atomic E-state index is 13.4. The smallest absolute Gasteiger partial charge is 0.309 e. The third kappa shape index (κ3) is 3.35. The molecule has 2 fully saturated rings. The summed E-state index contributed by atoms with van der Waals surface area (Å²) in [6.45, 7) is 6.29. The van der Waals surface area contributed by atoms with Gasteiger partial charge in [0.15, 0.2) is 5.13 Å². The lowest BCUT2D eigenvalue weighted by Crippen LogP contribution is -2.50. The van der Waals surface area contributed by atoms with Crippen LogP contribution in [0.25, 0.3) is 0 Å². The lowest BCUT2D eigenvalue weighted by molar-refractivity contribution is -0.149. The Hall–Kier alpha value is -1.71. The number of sulfonamides is 1. The molecule has 2 aliphatic carbocycles. The number of nitrogens with one attached hydrogen (secondary N) is 1. The predicted molar refractivity (Wildman–Crippen MR) is 120 cm³/mol. The minimum atomic E-state index is -3.96. The van der Waals surface area contributed by atoms with Crippen LogP contribution in [0, 0.1) is 29.0 Å². The lowest BCUT2D eigenvalue weighted by atomic mass is 9.54. The second-order valence-corrected chi connectivity index (χ2v) is 12.7. The van der Waals surface area contributed by atoms with Crippen molar-refractivity contribution in [3.63, 3.8) is 0 Å². The molecule has 1 saturated carbocycles. The Morgan fingerprint density at radius 1 is 1.31 bits per heavy atom. The molecule has 10 heteroatoms. The number of hydrogen-bond donors (Lipinski definition) is 1. The Kier molecular flexibility index (Phi) is 5.11. The van der Waals surface area contributed by atoms with Crippen LogP contribution in [0.4, 0.5) is 9.52 Å². The Bertz CT molecular complexity index is 1220. The fourth-order valence-electron chi connectivity index (χ4n) is 5.94. The maximum atomic E-state index is 13.4. The predicted octanol–water partition coefficient (Wildman–Crippen LogP) is 4.99. The molecule has 1 saturated heterocycles. The van der Waals surface area contributed by atoms with E-state index in [1.165, 1.54) is 17.4 Å². The highest BCUT2D eigenvalue weighted by Gasteiger charge is 2.58. The Morgan fingerprint density at radius 2 is 2.06 bits per heavy atom. The third-order valence-electron chi connectivity index (χ3n) is 7.58. The number of esters is 1. The fraction of sp³-hybridized carbons (Fsp3) is 0.545. The number of anilines is 1. The van der Waals surface area contributed by atoms with E-state index >= 15 is 0 Å². The van der Waals surface area contributed by atoms with Crippen LogP contribution < -0.4 is 4.72 Å². The molecule has 2 aromatic rings. The highest BCUT2D eigenvalue weighted by atomic mass is 35.5. The summed E-state index contributed by atoms with van der Waals surface area (Å²) in [4.78, 5) is 17.8. The van der Waals surface area contributed by atoms with Crippen LogP contribution in [0.3, 0.4) is 0 Å². The quantitative estimate of drug-likeness (QED) is 0.602. The molecule has 1 aromatic heterocycles. The highest BCUT2D eigenvalue weighted by Crippen LogP contribution is 2.59. The topological polar surface area (TPSA) is 85.4 Å². The molecular weight excluding hydrogens is 475 g/mol. The zero-order valence-corrected chi connectivity index (χ0v) is 20.3. The largest absolute Gasteiger partial charge is 0.461 e. The summed E-state index contributed by atoms with van der Waals surface area (Å²) in [5.41, 5.74) is 0.828. The Balaban J connectivity index is 1.46. The van der Waals surface area contributed by atoms with Gasteiger partial charge in [-0.05, 0) is 42.9 Å². The number of halogens is 2. The van der Waals surface area contributed by atoms with Crippen LogP contribution in [0.5, 0.6) is 0 Å². The first-order valence-electron chi connectivity index (χ1n) is 10.7. The van der Waals surface area contributed by atoms with Gasteiger partial charge in [-0.15, -0.1) is 11.3 Å². The van der Waals surface area contributed by atoms with Crippen molar-refractivity contribution in [2.45, 2.75) is 57.0 Å². The van der Waals surface area contributed by atoms with Gasteiger partial charge < -0.3 is 4.74 Å². The number of benzene rings is 1. The molecule has 2 heterocycles. The van der Waals surface area contributed by atoms with Crippen molar-refractivity contribution in [3.8, 4) is 0 Å². The normalized spacial score (nSPS) is 33.8. The number of ether oxygens (including phenoxy) is 1. The standard InChI is InChI=1S/C22H24ClFN2O4S2/c1-10-13-6-7-22(3)9-16-18(11(2)17(22)19(13)30-20(10)27)25-21(31-16)26-32(28,29)12-4-5-15(24)14(23)8-12/h4-5,8,10-11,13,17,19H,6-7,9H2,1-3H3,(H,25,26)/t10-,11-,13-,17+,19-,22+/m0/s1. The second kappa shape index (κ2) is 7.40. The van der Waals surface area contributed by atoms with E-state index in [4.69, 9.17) is 16.3 Å². The van der Waals surface area contributed by atoms with Gasteiger partial charge in [-0.2, -0.15) is 0 Å². The van der Waals surface area contributed by atoms with Crippen molar-refractivity contribution in [2.24, 2.45) is 23.2 Å². The number of carbonyl (C=O) groups excluding carboxylic acids is 1. The minimum absolute atomic E-state index is 0.0319. The van der Waals surface area contributed by atoms with Gasteiger partial charge in [0.1, 0.15) is 11.9 Å². The van der Waals surface area contributed by atoms with E-state index < -0.39 is 15.8 Å². The highest BCUT2D eigenvalue weighted by molar-refractivity contribution is 7.93. The molecule has 0 amide bonds. The molecule has 0 unspecified atom stereocenters. The van der Waals surface area contributed by atoms with Crippen molar-refractivity contribution in [3.05, 3.63) is 39.6 Å². The third-order valence-corrected chi connectivity index (χ3v) is 10.3. The first-order chi connectivity index (χ1) is 15.0. The van der Waals surface area contributed by atoms with E-state index in [0.29, 0.717) is 0 Å². The molecular formula is C22H24ClFN2O4S2. The summed E-state index contributed by atoms with van der Waals surface area (Å²) in [7, 11) is -3.96. The summed E-state index contributed by atoms with van der Waals surface area (Å²) >= 11 is 7.09. The molecule has 1 N–H and O–H groups in total. The summed E-state index contributed by atoms with van der Waals surface area (Å²) in [5, 5.41) is 0.0182. The maximum Gasteiger partial charge on any atom is 0.309 e. The Labute approximate surface area is 195 Å². The average molecular weight is 499 g/mol. The molecule has 6 atom stereocenters. The summed E-state index contributed by atoms with van der Waals surface area (Å²) in [6.07, 6.45) is 2.60. The van der Waals surface area contributed by atoms with Crippen LogP contribution in [-0.4, -0.2) is 25.5 Å². The van der Waals surface area contributed by atoms with Gasteiger partial charge in [0.05, 0.1) is 21.5 Å². The zero-order chi connectivity index (χ0) is 23.0. The second-order valence-electron chi connectivity index (χ2n) is 9.55. The SMILES string of the molecule is C[C@@H]1C(=O)O[C@H]2[C@H]1CC[C@]1(C)Cc3sc(NS(=O)(=O)c4ccc(F)c(Cl)c4)nc3[C@@H](C)[C@H]21. The number of thiazole rings is 1. The number of hydrogen-bond acceptors (Lipinski definition) is 6. The van der Waals surface area contributed by atoms with Crippen molar-refractivity contribution < 1.29 is 22.3 Å². The van der Waals surface area contributed by atoms with Gasteiger partial charge in [0.25, 0.3) is 10.0 Å². The fourth-order valence-corrected chi connectivity index (χ4v) is 8.71. The number of fused-ring (bicyclic) bond motifs is 4. The number of aromatic nitrogens is 1. The van der Waals surface area contributed by atoms with Crippen LogP contribution in [-0.2, 0) is 26.0 Å². The number of rotatable bonds is 3. The van der Waals surface area contributed by atoms with E-state index in [9.17, 15) is 17.6 Å².